The average Bonchev–Trinajstić information content (AvgIpc) is 2.30. The largest absolute Gasteiger partial charge is 0.395 e. The van der Waals surface area contributed by atoms with Crippen molar-refractivity contribution in [3.05, 3.63) is 0 Å². The molecule has 3 nitrogen and oxygen atoms in total. The molecule has 0 aromatic rings. The Hall–Kier alpha value is -0.120. The monoisotopic (exact) mass is 258 g/mol. The quantitative estimate of drug-likeness (QED) is 0.632. The number of nitrogens with one attached hydrogen (secondary N) is 1. The first-order chi connectivity index (χ1) is 8.42. The molecule has 0 aliphatic heterocycles. The second-order valence-electron chi connectivity index (χ2n) is 5.93. The van der Waals surface area contributed by atoms with Crippen LogP contribution in [-0.2, 0) is 0 Å². The maximum absolute atomic E-state index is 9.26. The molecular weight excluding hydrogens is 224 g/mol. The Morgan fingerprint density at radius 1 is 1.17 bits per heavy atom. The lowest BCUT2D eigenvalue weighted by Crippen LogP contribution is -2.50. The van der Waals surface area contributed by atoms with Crippen LogP contribution >= 0.6 is 0 Å². The Morgan fingerprint density at radius 3 is 2.11 bits per heavy atom. The minimum absolute atomic E-state index is 0.216. The maximum Gasteiger partial charge on any atom is 0.0558 e. The highest BCUT2D eigenvalue weighted by Crippen LogP contribution is 2.24. The zero-order valence-electron chi connectivity index (χ0n) is 13.3. The van der Waals surface area contributed by atoms with Gasteiger partial charge in [-0.15, -0.1) is 0 Å². The topological polar surface area (TPSA) is 35.5 Å². The fourth-order valence-electron chi connectivity index (χ4n) is 2.57. The van der Waals surface area contributed by atoms with E-state index in [1.54, 1.807) is 0 Å². The molecule has 2 N–H and O–H groups in total. The first-order valence-electron chi connectivity index (χ1n) is 7.51. The third kappa shape index (κ3) is 5.68. The molecule has 0 aromatic carbocycles. The standard InChI is InChI=1S/C15H34N2O/c1-7-14(8-2)17(10-11-18)12-15(5,6)13(4)16-9-3/h13-14,16,18H,7-12H2,1-6H3. The minimum Gasteiger partial charge on any atom is -0.395 e. The van der Waals surface area contributed by atoms with Gasteiger partial charge in [0.15, 0.2) is 0 Å². The highest BCUT2D eigenvalue weighted by molar-refractivity contribution is 4.85. The molecule has 0 rings (SSSR count). The number of aliphatic hydroxyl groups excluding tert-OH is 1. The van der Waals surface area contributed by atoms with Gasteiger partial charge in [0.05, 0.1) is 6.61 Å². The number of hydrogen-bond acceptors (Lipinski definition) is 3. The molecular formula is C15H34N2O. The van der Waals surface area contributed by atoms with Gasteiger partial charge in [-0.2, -0.15) is 0 Å². The fraction of sp³-hybridized carbons (Fsp3) is 1.00. The van der Waals surface area contributed by atoms with Crippen LogP contribution in [0.25, 0.3) is 0 Å². The molecule has 18 heavy (non-hydrogen) atoms. The summed E-state index contributed by atoms with van der Waals surface area (Å²) in [6.45, 7) is 16.6. The molecule has 1 unspecified atom stereocenters. The summed E-state index contributed by atoms with van der Waals surface area (Å²) in [4.78, 5) is 2.45. The van der Waals surface area contributed by atoms with Gasteiger partial charge in [-0.25, -0.2) is 0 Å². The number of nitrogens with zero attached hydrogens (tertiary/aromatic N) is 1. The first-order valence-corrected chi connectivity index (χ1v) is 7.51. The van der Waals surface area contributed by atoms with Crippen LogP contribution in [0.15, 0.2) is 0 Å². The summed E-state index contributed by atoms with van der Waals surface area (Å²) in [5.41, 5.74) is 0.216. The highest BCUT2D eigenvalue weighted by Gasteiger charge is 2.29. The molecule has 110 valence electrons. The van der Waals surface area contributed by atoms with Crippen LogP contribution < -0.4 is 5.32 Å². The zero-order valence-corrected chi connectivity index (χ0v) is 13.3. The maximum atomic E-state index is 9.26. The summed E-state index contributed by atoms with van der Waals surface area (Å²) in [7, 11) is 0. The van der Waals surface area contributed by atoms with Crippen molar-refractivity contribution in [3.63, 3.8) is 0 Å². The van der Waals surface area contributed by atoms with Crippen LogP contribution in [0.5, 0.6) is 0 Å². The Kier molecular flexibility index (Phi) is 8.83. The number of hydrogen-bond donors (Lipinski definition) is 2. The molecule has 0 spiro atoms. The highest BCUT2D eigenvalue weighted by atomic mass is 16.3. The molecule has 0 saturated carbocycles. The molecule has 0 aromatic heterocycles. The second-order valence-corrected chi connectivity index (χ2v) is 5.93. The third-order valence-electron chi connectivity index (χ3n) is 4.14. The molecule has 3 heteroatoms. The summed E-state index contributed by atoms with van der Waals surface area (Å²) in [6, 6.07) is 1.07. The molecule has 0 bridgehead atoms. The lowest BCUT2D eigenvalue weighted by Gasteiger charge is -2.40. The van der Waals surface area contributed by atoms with E-state index in [9.17, 15) is 5.11 Å². The Balaban J connectivity index is 4.63. The molecule has 0 saturated heterocycles. The SMILES string of the molecule is CCNC(C)C(C)(C)CN(CCO)C(CC)CC. The number of rotatable bonds is 10. The Bertz CT molecular complexity index is 203. The third-order valence-corrected chi connectivity index (χ3v) is 4.14. The zero-order chi connectivity index (χ0) is 14.2. The minimum atomic E-state index is 0.216. The van der Waals surface area contributed by atoms with Crippen molar-refractivity contribution in [2.45, 2.75) is 66.5 Å². The van der Waals surface area contributed by atoms with E-state index in [1.807, 2.05) is 0 Å². The van der Waals surface area contributed by atoms with E-state index in [1.165, 1.54) is 0 Å². The van der Waals surface area contributed by atoms with Gasteiger partial charge < -0.3 is 10.4 Å². The van der Waals surface area contributed by atoms with Gasteiger partial charge in [0.1, 0.15) is 0 Å². The molecule has 0 aliphatic rings. The van der Waals surface area contributed by atoms with Gasteiger partial charge >= 0.3 is 0 Å². The smallest absolute Gasteiger partial charge is 0.0558 e. The molecule has 1 atom stereocenters. The van der Waals surface area contributed by atoms with E-state index >= 15 is 0 Å². The summed E-state index contributed by atoms with van der Waals surface area (Å²) in [6.07, 6.45) is 2.31. The lowest BCUT2D eigenvalue weighted by atomic mass is 9.84. The molecule has 0 radical (unpaired) electrons. The molecule has 0 aliphatic carbocycles. The lowest BCUT2D eigenvalue weighted by molar-refractivity contribution is 0.0817. The van der Waals surface area contributed by atoms with Gasteiger partial charge in [0, 0.05) is 25.2 Å². The predicted molar refractivity (Wildman–Crippen MR) is 79.9 cm³/mol. The average molecular weight is 258 g/mol. The first kappa shape index (κ1) is 17.9. The van der Waals surface area contributed by atoms with Crippen molar-refractivity contribution < 1.29 is 5.11 Å². The molecule has 0 fully saturated rings. The van der Waals surface area contributed by atoms with Gasteiger partial charge in [0.25, 0.3) is 0 Å². The predicted octanol–water partition coefficient (Wildman–Crippen LogP) is 2.49. The summed E-state index contributed by atoms with van der Waals surface area (Å²) in [5.74, 6) is 0. The van der Waals surface area contributed by atoms with E-state index in [4.69, 9.17) is 0 Å². The van der Waals surface area contributed by atoms with Crippen molar-refractivity contribution in [3.8, 4) is 0 Å². The van der Waals surface area contributed by atoms with Crippen LogP contribution in [-0.4, -0.2) is 48.3 Å². The van der Waals surface area contributed by atoms with E-state index in [-0.39, 0.29) is 12.0 Å². The van der Waals surface area contributed by atoms with Crippen molar-refractivity contribution in [1.82, 2.24) is 10.2 Å². The Labute approximate surface area is 114 Å². The van der Waals surface area contributed by atoms with Gasteiger partial charge in [-0.1, -0.05) is 34.6 Å². The van der Waals surface area contributed by atoms with E-state index in [0.29, 0.717) is 12.1 Å². The van der Waals surface area contributed by atoms with Crippen molar-refractivity contribution >= 4 is 0 Å². The van der Waals surface area contributed by atoms with Gasteiger partial charge in [-0.3, -0.25) is 4.90 Å². The van der Waals surface area contributed by atoms with Gasteiger partial charge in [0.2, 0.25) is 0 Å². The van der Waals surface area contributed by atoms with Crippen LogP contribution in [0.1, 0.15) is 54.4 Å². The van der Waals surface area contributed by atoms with E-state index in [0.717, 1.165) is 32.5 Å². The van der Waals surface area contributed by atoms with Gasteiger partial charge in [-0.05, 0) is 31.7 Å². The van der Waals surface area contributed by atoms with Crippen LogP contribution in [0.4, 0.5) is 0 Å². The normalized spacial score (nSPS) is 14.5. The number of aliphatic hydroxyl groups is 1. The van der Waals surface area contributed by atoms with E-state index in [2.05, 4.69) is 51.8 Å². The van der Waals surface area contributed by atoms with E-state index < -0.39 is 0 Å². The molecule has 0 amide bonds. The van der Waals surface area contributed by atoms with Crippen molar-refractivity contribution in [1.29, 1.82) is 0 Å². The van der Waals surface area contributed by atoms with Crippen molar-refractivity contribution in [2.24, 2.45) is 5.41 Å². The summed E-state index contributed by atoms with van der Waals surface area (Å²) in [5, 5.41) is 12.8. The van der Waals surface area contributed by atoms with Crippen LogP contribution in [0, 0.1) is 5.41 Å². The van der Waals surface area contributed by atoms with Crippen LogP contribution in [0.3, 0.4) is 0 Å². The fourth-order valence-corrected chi connectivity index (χ4v) is 2.57. The molecule has 0 heterocycles. The van der Waals surface area contributed by atoms with Crippen molar-refractivity contribution in [2.75, 3.05) is 26.2 Å². The summed E-state index contributed by atoms with van der Waals surface area (Å²) < 4.78 is 0. The van der Waals surface area contributed by atoms with Crippen LogP contribution in [0.2, 0.25) is 0 Å². The Morgan fingerprint density at radius 2 is 1.72 bits per heavy atom. The second kappa shape index (κ2) is 8.89. The summed E-state index contributed by atoms with van der Waals surface area (Å²) >= 11 is 0.